The smallest absolute Gasteiger partial charge is 0.218 e. The lowest BCUT2D eigenvalue weighted by atomic mass is 10.1. The summed E-state index contributed by atoms with van der Waals surface area (Å²) < 4.78 is 5.31. The number of benzene rings is 1. The van der Waals surface area contributed by atoms with E-state index >= 15 is 0 Å². The molecule has 0 aliphatic carbocycles. The zero-order valence-electron chi connectivity index (χ0n) is 16.9. The van der Waals surface area contributed by atoms with Crippen molar-refractivity contribution in [1.82, 2.24) is 20.5 Å². The Balaban J connectivity index is 1.55. The van der Waals surface area contributed by atoms with Crippen LogP contribution in [0, 0.1) is 0 Å². The number of nitrogens with zero attached hydrogens (tertiary/aromatic N) is 3. The van der Waals surface area contributed by atoms with Gasteiger partial charge in [-0.3, -0.25) is 4.90 Å². The molecule has 1 fully saturated rings. The van der Waals surface area contributed by atoms with Crippen LogP contribution in [0.25, 0.3) is 0 Å². The van der Waals surface area contributed by atoms with Gasteiger partial charge in [-0.25, -0.2) is 9.98 Å². The summed E-state index contributed by atoms with van der Waals surface area (Å²) in [6, 6.07) is 12.7. The summed E-state index contributed by atoms with van der Waals surface area (Å²) in [7, 11) is 1.64. The molecule has 28 heavy (non-hydrogen) atoms. The first kappa shape index (κ1) is 20.1. The largest absolute Gasteiger partial charge is 0.481 e. The van der Waals surface area contributed by atoms with E-state index in [2.05, 4.69) is 51.7 Å². The average Bonchev–Trinajstić information content (AvgIpc) is 3.24. The normalized spacial score (nSPS) is 14.9. The van der Waals surface area contributed by atoms with Gasteiger partial charge in [0, 0.05) is 31.4 Å². The van der Waals surface area contributed by atoms with Crippen LogP contribution < -0.4 is 15.4 Å². The minimum absolute atomic E-state index is 0.609. The Kier molecular flexibility index (Phi) is 7.67. The molecule has 1 aromatic heterocycles. The third-order valence-corrected chi connectivity index (χ3v) is 4.88. The fourth-order valence-electron chi connectivity index (χ4n) is 3.38. The topological polar surface area (TPSA) is 61.8 Å². The number of pyridine rings is 1. The molecule has 2 heterocycles. The molecule has 2 N–H and O–H groups in total. The minimum Gasteiger partial charge on any atom is -0.481 e. The molecule has 0 saturated carbocycles. The quantitative estimate of drug-likeness (QED) is 0.544. The zero-order valence-corrected chi connectivity index (χ0v) is 16.9. The van der Waals surface area contributed by atoms with Crippen LogP contribution in [-0.4, -0.2) is 42.6 Å². The van der Waals surface area contributed by atoms with Gasteiger partial charge >= 0.3 is 0 Å². The molecule has 6 nitrogen and oxygen atoms in total. The molecular weight excluding hydrogens is 350 g/mol. The van der Waals surface area contributed by atoms with Crippen molar-refractivity contribution in [3.8, 4) is 5.88 Å². The van der Waals surface area contributed by atoms with Gasteiger partial charge in [-0.15, -0.1) is 0 Å². The summed E-state index contributed by atoms with van der Waals surface area (Å²) in [6.45, 7) is 7.64. The van der Waals surface area contributed by atoms with Crippen molar-refractivity contribution >= 4 is 5.96 Å². The third kappa shape index (κ3) is 5.96. The van der Waals surface area contributed by atoms with Crippen molar-refractivity contribution in [2.45, 2.75) is 39.4 Å². The molecule has 0 bridgehead atoms. The molecule has 1 aliphatic heterocycles. The minimum atomic E-state index is 0.609. The maximum absolute atomic E-state index is 5.31. The lowest BCUT2D eigenvalue weighted by Gasteiger charge is -2.15. The van der Waals surface area contributed by atoms with E-state index in [0.717, 1.165) is 24.6 Å². The fourth-order valence-corrected chi connectivity index (χ4v) is 3.38. The van der Waals surface area contributed by atoms with E-state index in [1.54, 1.807) is 13.3 Å². The van der Waals surface area contributed by atoms with Crippen molar-refractivity contribution in [3.63, 3.8) is 0 Å². The second-order valence-electron chi connectivity index (χ2n) is 7.02. The van der Waals surface area contributed by atoms with Crippen molar-refractivity contribution in [3.05, 3.63) is 59.3 Å². The van der Waals surface area contributed by atoms with E-state index < -0.39 is 0 Å². The summed E-state index contributed by atoms with van der Waals surface area (Å²) in [4.78, 5) is 11.5. The maximum Gasteiger partial charge on any atom is 0.218 e. The average molecular weight is 382 g/mol. The number of rotatable bonds is 8. The molecule has 0 unspecified atom stereocenters. The van der Waals surface area contributed by atoms with E-state index in [0.29, 0.717) is 19.0 Å². The number of methoxy groups -OCH3 is 1. The second-order valence-corrected chi connectivity index (χ2v) is 7.02. The fraction of sp³-hybridized carbons (Fsp3) is 0.455. The zero-order chi connectivity index (χ0) is 19.6. The molecule has 150 valence electrons. The molecule has 3 rings (SSSR count). The highest BCUT2D eigenvalue weighted by Gasteiger charge is 2.11. The Morgan fingerprint density at radius 2 is 1.86 bits per heavy atom. The SMILES string of the molecule is CCNC(=NCc1ccc(CN2CCCC2)cc1)NCc1cccnc1OC. The number of hydrogen-bond donors (Lipinski definition) is 2. The van der Waals surface area contributed by atoms with E-state index in [1.165, 1.54) is 37.1 Å². The van der Waals surface area contributed by atoms with Crippen LogP contribution in [0.15, 0.2) is 47.6 Å². The first-order valence-corrected chi connectivity index (χ1v) is 10.1. The molecule has 0 amide bonds. The van der Waals surface area contributed by atoms with Crippen LogP contribution in [0.3, 0.4) is 0 Å². The van der Waals surface area contributed by atoms with Gasteiger partial charge in [0.05, 0.1) is 13.7 Å². The molecule has 1 aliphatic rings. The second kappa shape index (κ2) is 10.7. The maximum atomic E-state index is 5.31. The molecule has 0 spiro atoms. The van der Waals surface area contributed by atoms with Crippen molar-refractivity contribution in [2.24, 2.45) is 4.99 Å². The standard InChI is InChI=1S/C22H31N5O/c1-3-23-22(26-16-20-7-6-12-24-21(20)28-2)25-15-18-8-10-19(11-9-18)17-27-13-4-5-14-27/h6-12H,3-5,13-17H2,1-2H3,(H2,23,25,26). The van der Waals surface area contributed by atoms with Gasteiger partial charge in [-0.05, 0) is 50.0 Å². The highest BCUT2D eigenvalue weighted by Crippen LogP contribution is 2.14. The molecule has 0 radical (unpaired) electrons. The van der Waals surface area contributed by atoms with Gasteiger partial charge in [0.15, 0.2) is 5.96 Å². The molecule has 1 saturated heterocycles. The molecule has 6 heteroatoms. The van der Waals surface area contributed by atoms with Gasteiger partial charge < -0.3 is 15.4 Å². The number of aromatic nitrogens is 1. The Bertz CT molecular complexity index is 754. The first-order chi connectivity index (χ1) is 13.8. The number of ether oxygens (including phenoxy) is 1. The van der Waals surface area contributed by atoms with Crippen molar-refractivity contribution in [2.75, 3.05) is 26.7 Å². The van der Waals surface area contributed by atoms with Crippen LogP contribution in [0.1, 0.15) is 36.5 Å². The highest BCUT2D eigenvalue weighted by molar-refractivity contribution is 5.79. The highest BCUT2D eigenvalue weighted by atomic mass is 16.5. The third-order valence-electron chi connectivity index (χ3n) is 4.88. The van der Waals surface area contributed by atoms with E-state index in [-0.39, 0.29) is 0 Å². The molecule has 2 aromatic rings. The Hall–Kier alpha value is -2.60. The van der Waals surface area contributed by atoms with Gasteiger partial charge in [-0.2, -0.15) is 0 Å². The summed E-state index contributed by atoms with van der Waals surface area (Å²) in [6.07, 6.45) is 4.39. The predicted molar refractivity (Wildman–Crippen MR) is 113 cm³/mol. The van der Waals surface area contributed by atoms with Crippen LogP contribution in [0.4, 0.5) is 0 Å². The van der Waals surface area contributed by atoms with Crippen LogP contribution in [0.5, 0.6) is 5.88 Å². The molecule has 1 aromatic carbocycles. The van der Waals surface area contributed by atoms with Crippen molar-refractivity contribution < 1.29 is 4.74 Å². The predicted octanol–water partition coefficient (Wildman–Crippen LogP) is 2.94. The van der Waals surface area contributed by atoms with Gasteiger partial charge in [0.25, 0.3) is 0 Å². The summed E-state index contributed by atoms with van der Waals surface area (Å²) in [5.41, 5.74) is 3.59. The van der Waals surface area contributed by atoms with E-state index in [1.807, 2.05) is 12.1 Å². The number of nitrogens with one attached hydrogen (secondary N) is 2. The van der Waals surface area contributed by atoms with Crippen LogP contribution in [-0.2, 0) is 19.6 Å². The summed E-state index contributed by atoms with van der Waals surface area (Å²) >= 11 is 0. The Morgan fingerprint density at radius 3 is 2.57 bits per heavy atom. The monoisotopic (exact) mass is 381 g/mol. The van der Waals surface area contributed by atoms with Gasteiger partial charge in [0.2, 0.25) is 5.88 Å². The number of guanidine groups is 1. The number of likely N-dealkylation sites (tertiary alicyclic amines) is 1. The number of aliphatic imine (C=N–C) groups is 1. The Labute approximate surface area is 168 Å². The first-order valence-electron chi connectivity index (χ1n) is 10.1. The van der Waals surface area contributed by atoms with Gasteiger partial charge in [-0.1, -0.05) is 30.3 Å². The number of hydrogen-bond acceptors (Lipinski definition) is 4. The lowest BCUT2D eigenvalue weighted by molar-refractivity contribution is 0.331. The van der Waals surface area contributed by atoms with E-state index in [4.69, 9.17) is 9.73 Å². The molecule has 0 atom stereocenters. The Morgan fingerprint density at radius 1 is 1.11 bits per heavy atom. The summed E-state index contributed by atoms with van der Waals surface area (Å²) in [5.74, 6) is 1.42. The molecular formula is C22H31N5O. The van der Waals surface area contributed by atoms with Crippen LogP contribution in [0.2, 0.25) is 0 Å². The van der Waals surface area contributed by atoms with E-state index in [9.17, 15) is 0 Å². The van der Waals surface area contributed by atoms with Crippen molar-refractivity contribution in [1.29, 1.82) is 0 Å². The summed E-state index contributed by atoms with van der Waals surface area (Å²) in [5, 5.41) is 6.65. The lowest BCUT2D eigenvalue weighted by Crippen LogP contribution is -2.36. The van der Waals surface area contributed by atoms with Crippen LogP contribution >= 0.6 is 0 Å². The van der Waals surface area contributed by atoms with Gasteiger partial charge in [0.1, 0.15) is 0 Å².